The Kier molecular flexibility index (Phi) is 4.17. The number of hydrogen-bond acceptors (Lipinski definition) is 4. The van der Waals surface area contributed by atoms with E-state index in [1.54, 1.807) is 19.9 Å². The molecule has 0 heterocycles. The minimum atomic E-state index is -0.387. The van der Waals surface area contributed by atoms with Crippen LogP contribution in [0.4, 0.5) is 0 Å². The first kappa shape index (κ1) is 12.4. The van der Waals surface area contributed by atoms with E-state index in [9.17, 15) is 9.90 Å². The standard InChI is InChI=1S/C12H15O4/c1-8(2)16-12(15)6-4-9-3-5-10(13)11(14)7-9/h3,5-8,13-14H,4H2,1-2H3. The summed E-state index contributed by atoms with van der Waals surface area (Å²) >= 11 is 0. The molecule has 16 heavy (non-hydrogen) atoms. The van der Waals surface area contributed by atoms with E-state index < -0.39 is 0 Å². The van der Waals surface area contributed by atoms with E-state index in [4.69, 9.17) is 9.84 Å². The summed E-state index contributed by atoms with van der Waals surface area (Å²) in [4.78, 5) is 11.2. The van der Waals surface area contributed by atoms with Gasteiger partial charge in [0.15, 0.2) is 11.5 Å². The summed E-state index contributed by atoms with van der Waals surface area (Å²) in [5.41, 5.74) is 0.732. The Morgan fingerprint density at radius 3 is 2.62 bits per heavy atom. The zero-order valence-electron chi connectivity index (χ0n) is 9.30. The van der Waals surface area contributed by atoms with Crippen molar-refractivity contribution < 1.29 is 19.7 Å². The number of phenolic OH excluding ortho intramolecular Hbond substituents is 2. The number of esters is 1. The fourth-order valence-corrected chi connectivity index (χ4v) is 1.18. The fourth-order valence-electron chi connectivity index (χ4n) is 1.18. The number of phenols is 2. The molecule has 4 heteroatoms. The van der Waals surface area contributed by atoms with Gasteiger partial charge in [-0.25, -0.2) is 0 Å². The lowest BCUT2D eigenvalue weighted by atomic mass is 10.1. The Morgan fingerprint density at radius 2 is 2.06 bits per heavy atom. The van der Waals surface area contributed by atoms with E-state index >= 15 is 0 Å². The number of ether oxygens (including phenoxy) is 1. The van der Waals surface area contributed by atoms with Gasteiger partial charge in [-0.1, -0.05) is 6.07 Å². The maximum absolute atomic E-state index is 11.2. The van der Waals surface area contributed by atoms with Gasteiger partial charge in [0.1, 0.15) is 0 Å². The normalized spacial score (nSPS) is 10.4. The summed E-state index contributed by atoms with van der Waals surface area (Å²) in [7, 11) is 0. The van der Waals surface area contributed by atoms with Crippen LogP contribution in [-0.2, 0) is 16.0 Å². The van der Waals surface area contributed by atoms with Crippen molar-refractivity contribution in [2.24, 2.45) is 0 Å². The van der Waals surface area contributed by atoms with Gasteiger partial charge < -0.3 is 14.9 Å². The summed E-state index contributed by atoms with van der Waals surface area (Å²) in [5, 5.41) is 18.3. The number of benzene rings is 1. The molecule has 0 fully saturated rings. The lowest BCUT2D eigenvalue weighted by Gasteiger charge is -2.07. The zero-order chi connectivity index (χ0) is 12.1. The first-order valence-corrected chi connectivity index (χ1v) is 5.03. The smallest absolute Gasteiger partial charge is 0.310 e. The quantitative estimate of drug-likeness (QED) is 0.603. The molecule has 0 aliphatic carbocycles. The molecule has 0 amide bonds. The second kappa shape index (κ2) is 5.39. The van der Waals surface area contributed by atoms with Crippen LogP contribution in [0.1, 0.15) is 19.4 Å². The molecule has 1 aromatic rings. The van der Waals surface area contributed by atoms with Crippen molar-refractivity contribution in [3.8, 4) is 11.5 Å². The molecule has 0 spiro atoms. The molecule has 0 aromatic heterocycles. The van der Waals surface area contributed by atoms with Crippen molar-refractivity contribution in [1.82, 2.24) is 0 Å². The van der Waals surface area contributed by atoms with E-state index in [1.165, 1.54) is 18.6 Å². The summed E-state index contributed by atoms with van der Waals surface area (Å²) in [5.74, 6) is -0.751. The van der Waals surface area contributed by atoms with Crippen molar-refractivity contribution in [1.29, 1.82) is 0 Å². The monoisotopic (exact) mass is 223 g/mol. The van der Waals surface area contributed by atoms with Crippen LogP contribution in [0, 0.1) is 6.42 Å². The van der Waals surface area contributed by atoms with Gasteiger partial charge in [0, 0.05) is 0 Å². The molecule has 0 aliphatic heterocycles. The molecule has 0 bridgehead atoms. The molecule has 0 saturated heterocycles. The maximum Gasteiger partial charge on any atom is 0.310 e. The van der Waals surface area contributed by atoms with Gasteiger partial charge in [0.05, 0.1) is 12.5 Å². The third kappa shape index (κ3) is 3.81. The van der Waals surface area contributed by atoms with E-state index in [0.717, 1.165) is 5.56 Å². The Hall–Kier alpha value is -1.71. The number of hydrogen-bond donors (Lipinski definition) is 2. The molecule has 87 valence electrons. The summed E-state index contributed by atoms with van der Waals surface area (Å²) in [6.45, 7) is 3.55. The molecule has 1 rings (SSSR count). The van der Waals surface area contributed by atoms with Crippen LogP contribution in [0.2, 0.25) is 0 Å². The molecular weight excluding hydrogens is 208 g/mol. The first-order chi connectivity index (χ1) is 7.49. The Bertz CT molecular complexity index is 371. The van der Waals surface area contributed by atoms with Crippen LogP contribution in [0.15, 0.2) is 18.2 Å². The third-order valence-electron chi connectivity index (χ3n) is 1.90. The summed E-state index contributed by atoms with van der Waals surface area (Å²) < 4.78 is 4.92. The highest BCUT2D eigenvalue weighted by Crippen LogP contribution is 2.25. The number of rotatable bonds is 4. The molecule has 1 aromatic carbocycles. The fraction of sp³-hybridized carbons (Fsp3) is 0.333. The highest BCUT2D eigenvalue weighted by atomic mass is 16.5. The van der Waals surface area contributed by atoms with E-state index in [2.05, 4.69) is 0 Å². The van der Waals surface area contributed by atoms with Crippen LogP contribution in [0.3, 0.4) is 0 Å². The van der Waals surface area contributed by atoms with Gasteiger partial charge in [-0.05, 0) is 38.0 Å². The van der Waals surface area contributed by atoms with Gasteiger partial charge in [0.2, 0.25) is 0 Å². The topological polar surface area (TPSA) is 66.8 Å². The van der Waals surface area contributed by atoms with E-state index in [-0.39, 0.29) is 23.6 Å². The second-order valence-electron chi connectivity index (χ2n) is 3.72. The average molecular weight is 223 g/mol. The number of carbonyl (C=O) groups is 1. The highest BCUT2D eigenvalue weighted by molar-refractivity contribution is 5.79. The maximum atomic E-state index is 11.2. The van der Waals surface area contributed by atoms with Crippen molar-refractivity contribution in [3.05, 3.63) is 30.2 Å². The van der Waals surface area contributed by atoms with Crippen LogP contribution in [-0.4, -0.2) is 22.3 Å². The first-order valence-electron chi connectivity index (χ1n) is 5.03. The molecular formula is C12H15O4. The van der Waals surface area contributed by atoms with Crippen molar-refractivity contribution in [2.45, 2.75) is 26.4 Å². The van der Waals surface area contributed by atoms with Crippen molar-refractivity contribution >= 4 is 5.97 Å². The van der Waals surface area contributed by atoms with Gasteiger partial charge in [0.25, 0.3) is 0 Å². The van der Waals surface area contributed by atoms with Crippen LogP contribution >= 0.6 is 0 Å². The number of carbonyl (C=O) groups excluding carboxylic acids is 1. The van der Waals surface area contributed by atoms with E-state index in [1.807, 2.05) is 0 Å². The van der Waals surface area contributed by atoms with Gasteiger partial charge >= 0.3 is 5.97 Å². The molecule has 1 radical (unpaired) electrons. The molecule has 4 nitrogen and oxygen atoms in total. The second-order valence-corrected chi connectivity index (χ2v) is 3.72. The SMILES string of the molecule is CC(C)OC(=O)[CH]Cc1ccc(O)c(O)c1. The predicted molar refractivity (Wildman–Crippen MR) is 59.0 cm³/mol. The predicted octanol–water partition coefficient (Wildman–Crippen LogP) is 1.80. The third-order valence-corrected chi connectivity index (χ3v) is 1.90. The minimum absolute atomic E-state index is 0.142. The molecule has 0 atom stereocenters. The molecule has 0 unspecified atom stereocenters. The van der Waals surface area contributed by atoms with Gasteiger partial charge in [-0.3, -0.25) is 4.79 Å². The largest absolute Gasteiger partial charge is 0.504 e. The molecule has 2 N–H and O–H groups in total. The summed E-state index contributed by atoms with van der Waals surface area (Å²) in [6.07, 6.45) is 1.61. The van der Waals surface area contributed by atoms with Gasteiger partial charge in [-0.2, -0.15) is 0 Å². The number of aromatic hydroxyl groups is 2. The lowest BCUT2D eigenvalue weighted by Crippen LogP contribution is -2.12. The lowest BCUT2D eigenvalue weighted by molar-refractivity contribution is -0.143. The average Bonchev–Trinajstić information content (AvgIpc) is 2.19. The van der Waals surface area contributed by atoms with Crippen LogP contribution in [0.5, 0.6) is 11.5 Å². The van der Waals surface area contributed by atoms with Gasteiger partial charge in [-0.15, -0.1) is 0 Å². The van der Waals surface area contributed by atoms with E-state index in [0.29, 0.717) is 6.42 Å². The Morgan fingerprint density at radius 1 is 1.38 bits per heavy atom. The summed E-state index contributed by atoms with van der Waals surface area (Å²) in [6, 6.07) is 4.43. The Labute approximate surface area is 94.5 Å². The Balaban J connectivity index is 2.48. The van der Waals surface area contributed by atoms with Crippen molar-refractivity contribution in [3.63, 3.8) is 0 Å². The molecule has 0 aliphatic rings. The highest BCUT2D eigenvalue weighted by Gasteiger charge is 2.07. The minimum Gasteiger partial charge on any atom is -0.504 e. The zero-order valence-corrected chi connectivity index (χ0v) is 9.30. The van der Waals surface area contributed by atoms with Crippen LogP contribution < -0.4 is 0 Å². The molecule has 0 saturated carbocycles. The van der Waals surface area contributed by atoms with Crippen LogP contribution in [0.25, 0.3) is 0 Å². The van der Waals surface area contributed by atoms with Crippen molar-refractivity contribution in [2.75, 3.05) is 0 Å².